The second kappa shape index (κ2) is 8.49. The van der Waals surface area contributed by atoms with Crippen molar-refractivity contribution in [2.75, 3.05) is 0 Å². The molecule has 0 spiro atoms. The van der Waals surface area contributed by atoms with Crippen molar-refractivity contribution in [1.29, 1.82) is 0 Å². The van der Waals surface area contributed by atoms with Crippen molar-refractivity contribution in [2.45, 2.75) is 38.6 Å². The van der Waals surface area contributed by atoms with Crippen LogP contribution in [0.15, 0.2) is 54.0 Å². The molecule has 0 saturated heterocycles. The minimum Gasteiger partial charge on any atom is -0.325 e. The fourth-order valence-corrected chi connectivity index (χ4v) is 2.67. The number of hydrogen-bond acceptors (Lipinski definition) is 2. The Morgan fingerprint density at radius 3 is 2.55 bits per heavy atom. The second-order valence-electron chi connectivity index (χ2n) is 5.44. The number of nitrogens with zero attached hydrogens (tertiary/aromatic N) is 1. The van der Waals surface area contributed by atoms with Crippen LogP contribution in [-0.2, 0) is 6.54 Å². The number of aromatic nitrogens is 2. The molecule has 1 aromatic carbocycles. The van der Waals surface area contributed by atoms with Gasteiger partial charge in [-0.25, -0.2) is 0 Å². The van der Waals surface area contributed by atoms with Crippen LogP contribution in [-0.4, -0.2) is 9.55 Å². The van der Waals surface area contributed by atoms with Crippen LogP contribution in [0.2, 0.25) is 0 Å². The van der Waals surface area contributed by atoms with E-state index in [1.807, 2.05) is 22.8 Å². The van der Waals surface area contributed by atoms with Gasteiger partial charge in [0.2, 0.25) is 0 Å². The van der Waals surface area contributed by atoms with Crippen molar-refractivity contribution in [2.24, 2.45) is 0 Å². The number of allylic oxidation sites excluding steroid dienone is 1. The van der Waals surface area contributed by atoms with E-state index in [1.54, 1.807) is 6.20 Å². The molecule has 0 aliphatic heterocycles. The molecule has 2 rings (SSSR count). The molecular formula is C18H22N2OS. The Kier molecular flexibility index (Phi) is 6.34. The third kappa shape index (κ3) is 5.11. The molecule has 0 bridgehead atoms. The van der Waals surface area contributed by atoms with Gasteiger partial charge in [-0.1, -0.05) is 49.8 Å². The molecule has 0 radical (unpaired) electrons. The summed E-state index contributed by atoms with van der Waals surface area (Å²) in [5.74, 6) is 0. The van der Waals surface area contributed by atoms with E-state index in [0.717, 1.165) is 32.2 Å². The van der Waals surface area contributed by atoms with Gasteiger partial charge in [-0.2, -0.15) is 0 Å². The van der Waals surface area contributed by atoms with Crippen molar-refractivity contribution < 1.29 is 0 Å². The van der Waals surface area contributed by atoms with Crippen LogP contribution < -0.4 is 5.56 Å². The molecule has 0 aliphatic carbocycles. The third-order valence-electron chi connectivity index (χ3n) is 3.71. The maximum absolute atomic E-state index is 11.1. The molecule has 0 fully saturated rings. The highest BCUT2D eigenvalue weighted by Gasteiger charge is 1.99. The highest BCUT2D eigenvalue weighted by atomic mass is 32.1. The smallest absolute Gasteiger partial charge is 0.251 e. The average molecular weight is 314 g/mol. The van der Waals surface area contributed by atoms with E-state index in [2.05, 4.69) is 23.7 Å². The van der Waals surface area contributed by atoms with Crippen molar-refractivity contribution in [3.63, 3.8) is 0 Å². The molecule has 0 unspecified atom stereocenters. The van der Waals surface area contributed by atoms with Gasteiger partial charge in [0.05, 0.1) is 0 Å². The number of hydrogen-bond donors (Lipinski definition) is 1. The van der Waals surface area contributed by atoms with Crippen LogP contribution in [0.3, 0.4) is 0 Å². The highest BCUT2D eigenvalue weighted by molar-refractivity contribution is 7.71. The molecule has 2 aromatic rings. The van der Waals surface area contributed by atoms with Gasteiger partial charge >= 0.3 is 0 Å². The first-order chi connectivity index (χ1) is 10.7. The second-order valence-corrected chi connectivity index (χ2v) is 5.82. The lowest BCUT2D eigenvalue weighted by molar-refractivity contribution is 0.563. The van der Waals surface area contributed by atoms with Crippen molar-refractivity contribution >= 4 is 17.8 Å². The summed E-state index contributed by atoms with van der Waals surface area (Å²) in [5.41, 5.74) is 2.31. The normalized spacial score (nSPS) is 10.5. The Morgan fingerprint density at radius 1 is 1.09 bits per heavy atom. The van der Waals surface area contributed by atoms with E-state index in [-0.39, 0.29) is 5.56 Å². The Labute approximate surface area is 136 Å². The summed E-state index contributed by atoms with van der Waals surface area (Å²) < 4.78 is 2.42. The van der Waals surface area contributed by atoms with Crippen LogP contribution in [0, 0.1) is 4.77 Å². The molecule has 116 valence electrons. The minimum absolute atomic E-state index is 0.138. The summed E-state index contributed by atoms with van der Waals surface area (Å²) in [6.45, 7) is 5.01. The van der Waals surface area contributed by atoms with Gasteiger partial charge in [-0.3, -0.25) is 9.78 Å². The van der Waals surface area contributed by atoms with E-state index < -0.39 is 0 Å². The fraction of sp³-hybridized carbons (Fsp3) is 0.333. The standard InChI is InChI=1S/C18H22N2OS/c1-15(16-10-6-4-7-11-16)9-5-2-3-8-13-20-14-12-17(21)19-18(20)22/h4,6-7,10-12,14H,1-3,5,8-9,13H2,(H,19,21,22). The molecule has 0 amide bonds. The van der Waals surface area contributed by atoms with Gasteiger partial charge in [0, 0.05) is 18.8 Å². The Bertz CT molecular complexity index is 716. The van der Waals surface area contributed by atoms with Crippen LogP contribution in [0.4, 0.5) is 0 Å². The lowest BCUT2D eigenvalue weighted by atomic mass is 10.0. The van der Waals surface area contributed by atoms with E-state index in [0.29, 0.717) is 4.77 Å². The molecule has 1 N–H and O–H groups in total. The maximum atomic E-state index is 11.1. The third-order valence-corrected chi connectivity index (χ3v) is 4.04. The SMILES string of the molecule is C=C(CCCCCCn1ccc(=O)[nH]c1=S)c1ccccc1. The van der Waals surface area contributed by atoms with Gasteiger partial charge in [0.1, 0.15) is 0 Å². The van der Waals surface area contributed by atoms with E-state index >= 15 is 0 Å². The van der Waals surface area contributed by atoms with Crippen molar-refractivity contribution in [3.05, 3.63) is 69.9 Å². The van der Waals surface area contributed by atoms with Gasteiger partial charge in [-0.15, -0.1) is 0 Å². The lowest BCUT2D eigenvalue weighted by Crippen LogP contribution is -2.11. The first-order valence-corrected chi connectivity index (χ1v) is 8.10. The molecule has 22 heavy (non-hydrogen) atoms. The monoisotopic (exact) mass is 314 g/mol. The van der Waals surface area contributed by atoms with Crippen LogP contribution in [0.1, 0.15) is 37.7 Å². The van der Waals surface area contributed by atoms with Crippen LogP contribution in [0.5, 0.6) is 0 Å². The summed E-state index contributed by atoms with van der Waals surface area (Å²) in [6, 6.07) is 11.9. The van der Waals surface area contributed by atoms with Crippen LogP contribution >= 0.6 is 12.2 Å². The van der Waals surface area contributed by atoms with Crippen molar-refractivity contribution in [1.82, 2.24) is 9.55 Å². The summed E-state index contributed by atoms with van der Waals surface area (Å²) in [6.07, 6.45) is 7.37. The van der Waals surface area contributed by atoms with Gasteiger partial charge in [-0.05, 0) is 42.6 Å². The number of unbranched alkanes of at least 4 members (excludes halogenated alkanes) is 3. The number of benzene rings is 1. The number of rotatable bonds is 8. The zero-order valence-electron chi connectivity index (χ0n) is 12.8. The number of aromatic amines is 1. The first kappa shape index (κ1) is 16.4. The maximum Gasteiger partial charge on any atom is 0.251 e. The number of aryl methyl sites for hydroxylation is 1. The minimum atomic E-state index is -0.138. The topological polar surface area (TPSA) is 37.8 Å². The van der Waals surface area contributed by atoms with Gasteiger partial charge in [0.15, 0.2) is 4.77 Å². The fourth-order valence-electron chi connectivity index (χ4n) is 2.41. The number of H-pyrrole nitrogens is 1. The van der Waals surface area contributed by atoms with E-state index in [4.69, 9.17) is 12.2 Å². The molecule has 4 heteroatoms. The summed E-state index contributed by atoms with van der Waals surface area (Å²) >= 11 is 5.12. The Morgan fingerprint density at radius 2 is 1.82 bits per heavy atom. The predicted molar refractivity (Wildman–Crippen MR) is 94.4 cm³/mol. The van der Waals surface area contributed by atoms with Gasteiger partial charge in [0.25, 0.3) is 5.56 Å². The summed E-state index contributed by atoms with van der Waals surface area (Å²) in [7, 11) is 0. The quantitative estimate of drug-likeness (QED) is 0.572. The zero-order valence-corrected chi connectivity index (χ0v) is 13.6. The average Bonchev–Trinajstić information content (AvgIpc) is 2.53. The summed E-state index contributed by atoms with van der Waals surface area (Å²) in [4.78, 5) is 13.7. The largest absolute Gasteiger partial charge is 0.325 e. The summed E-state index contributed by atoms with van der Waals surface area (Å²) in [5, 5.41) is 0. The van der Waals surface area contributed by atoms with Gasteiger partial charge < -0.3 is 4.57 Å². The predicted octanol–water partition coefficient (Wildman–Crippen LogP) is 4.57. The number of nitrogens with one attached hydrogen (secondary N) is 1. The lowest BCUT2D eigenvalue weighted by Gasteiger charge is -2.07. The molecule has 0 saturated carbocycles. The molecular weight excluding hydrogens is 292 g/mol. The van der Waals surface area contributed by atoms with E-state index in [9.17, 15) is 4.79 Å². The molecule has 3 nitrogen and oxygen atoms in total. The molecule has 0 aliphatic rings. The zero-order chi connectivity index (χ0) is 15.8. The Hall–Kier alpha value is -1.94. The molecule has 0 atom stereocenters. The molecule has 1 aromatic heterocycles. The Balaban J connectivity index is 1.64. The first-order valence-electron chi connectivity index (χ1n) is 7.70. The molecule has 1 heterocycles. The van der Waals surface area contributed by atoms with E-state index in [1.165, 1.54) is 23.6 Å². The van der Waals surface area contributed by atoms with Crippen LogP contribution in [0.25, 0.3) is 5.57 Å². The van der Waals surface area contributed by atoms with Crippen molar-refractivity contribution in [3.8, 4) is 0 Å². The highest BCUT2D eigenvalue weighted by Crippen LogP contribution is 2.19.